The van der Waals surface area contributed by atoms with Gasteiger partial charge in [-0.1, -0.05) is 0 Å². The molecule has 0 aliphatic carbocycles. The lowest BCUT2D eigenvalue weighted by atomic mass is 10.00. The number of carbonyl (C=O) groups excluding carboxylic acids is 1. The third-order valence-corrected chi connectivity index (χ3v) is 5.87. The van der Waals surface area contributed by atoms with Gasteiger partial charge in [-0.25, -0.2) is 13.1 Å². The number of rotatable bonds is 6. The van der Waals surface area contributed by atoms with Gasteiger partial charge in [0.15, 0.2) is 0 Å². The SMILES string of the molecule is O=C(CCNS(=O)(=O)c1cccnc1)NC1CC2CCC(C1)N2. The van der Waals surface area contributed by atoms with Gasteiger partial charge in [-0.05, 0) is 37.8 Å². The first-order valence-electron chi connectivity index (χ1n) is 7.98. The monoisotopic (exact) mass is 338 g/mol. The Kier molecular flexibility index (Phi) is 4.93. The fourth-order valence-electron chi connectivity index (χ4n) is 3.36. The molecule has 3 heterocycles. The zero-order valence-corrected chi connectivity index (χ0v) is 13.7. The Morgan fingerprint density at radius 3 is 2.70 bits per heavy atom. The van der Waals surface area contributed by atoms with Crippen molar-refractivity contribution in [1.82, 2.24) is 20.3 Å². The molecule has 0 spiro atoms. The average Bonchev–Trinajstić information content (AvgIpc) is 2.87. The van der Waals surface area contributed by atoms with Crippen LogP contribution in [0.3, 0.4) is 0 Å². The van der Waals surface area contributed by atoms with Crippen molar-refractivity contribution in [2.24, 2.45) is 0 Å². The molecule has 2 atom stereocenters. The van der Waals surface area contributed by atoms with E-state index in [0.717, 1.165) is 12.8 Å². The van der Waals surface area contributed by atoms with Crippen LogP contribution in [0.4, 0.5) is 0 Å². The quantitative estimate of drug-likeness (QED) is 0.685. The van der Waals surface area contributed by atoms with Crippen molar-refractivity contribution in [3.63, 3.8) is 0 Å². The van der Waals surface area contributed by atoms with Crippen molar-refractivity contribution in [2.45, 2.75) is 55.1 Å². The molecule has 0 saturated carbocycles. The van der Waals surface area contributed by atoms with Crippen molar-refractivity contribution < 1.29 is 13.2 Å². The number of hydrogen-bond donors (Lipinski definition) is 3. The highest BCUT2D eigenvalue weighted by Crippen LogP contribution is 2.26. The second-order valence-electron chi connectivity index (χ2n) is 6.21. The predicted octanol–water partition coefficient (Wildman–Crippen LogP) is 0.149. The molecule has 3 rings (SSSR count). The van der Waals surface area contributed by atoms with E-state index in [0.29, 0.717) is 12.1 Å². The second-order valence-corrected chi connectivity index (χ2v) is 7.98. The van der Waals surface area contributed by atoms with Gasteiger partial charge >= 0.3 is 0 Å². The van der Waals surface area contributed by atoms with Crippen molar-refractivity contribution in [3.05, 3.63) is 24.5 Å². The van der Waals surface area contributed by atoms with E-state index in [1.54, 1.807) is 6.07 Å². The minimum absolute atomic E-state index is 0.0842. The average molecular weight is 338 g/mol. The van der Waals surface area contributed by atoms with E-state index in [4.69, 9.17) is 0 Å². The molecule has 2 aliphatic rings. The van der Waals surface area contributed by atoms with E-state index in [1.165, 1.54) is 31.3 Å². The minimum Gasteiger partial charge on any atom is -0.353 e. The topological polar surface area (TPSA) is 100 Å². The van der Waals surface area contributed by atoms with E-state index in [-0.39, 0.29) is 29.8 Å². The van der Waals surface area contributed by atoms with Crippen LogP contribution in [-0.2, 0) is 14.8 Å². The lowest BCUT2D eigenvalue weighted by molar-refractivity contribution is -0.121. The summed E-state index contributed by atoms with van der Waals surface area (Å²) in [4.78, 5) is 15.9. The van der Waals surface area contributed by atoms with Gasteiger partial charge in [0.1, 0.15) is 4.90 Å². The van der Waals surface area contributed by atoms with Crippen LogP contribution in [0.1, 0.15) is 32.1 Å². The standard InChI is InChI=1S/C15H22N4O3S/c20-15(19-13-8-11-3-4-12(9-13)18-11)5-7-17-23(21,22)14-2-1-6-16-10-14/h1-2,6,10-13,17-18H,3-5,7-9H2,(H,19,20). The van der Waals surface area contributed by atoms with Crippen LogP contribution < -0.4 is 15.4 Å². The van der Waals surface area contributed by atoms with E-state index < -0.39 is 10.0 Å². The van der Waals surface area contributed by atoms with Crippen LogP contribution >= 0.6 is 0 Å². The Hall–Kier alpha value is -1.51. The molecule has 1 aromatic rings. The van der Waals surface area contributed by atoms with Crippen molar-refractivity contribution in [2.75, 3.05) is 6.54 Å². The smallest absolute Gasteiger partial charge is 0.242 e. The predicted molar refractivity (Wildman–Crippen MR) is 85.2 cm³/mol. The number of carbonyl (C=O) groups is 1. The summed E-state index contributed by atoms with van der Waals surface area (Å²) in [6.07, 6.45) is 7.22. The molecule has 3 N–H and O–H groups in total. The third-order valence-electron chi connectivity index (χ3n) is 4.43. The van der Waals surface area contributed by atoms with Gasteiger partial charge in [0.05, 0.1) is 0 Å². The summed E-state index contributed by atoms with van der Waals surface area (Å²) >= 11 is 0. The molecule has 0 aromatic carbocycles. The normalized spacial score (nSPS) is 26.9. The first-order valence-corrected chi connectivity index (χ1v) is 9.46. The molecule has 2 fully saturated rings. The Morgan fingerprint density at radius 2 is 2.04 bits per heavy atom. The van der Waals surface area contributed by atoms with Gasteiger partial charge in [0, 0.05) is 43.5 Å². The van der Waals surface area contributed by atoms with Crippen LogP contribution in [0.15, 0.2) is 29.4 Å². The largest absolute Gasteiger partial charge is 0.353 e. The highest BCUT2D eigenvalue weighted by Gasteiger charge is 2.33. The summed E-state index contributed by atoms with van der Waals surface area (Å²) in [5.41, 5.74) is 0. The Morgan fingerprint density at radius 1 is 1.30 bits per heavy atom. The van der Waals surface area contributed by atoms with Gasteiger partial charge in [-0.3, -0.25) is 9.78 Å². The van der Waals surface area contributed by atoms with Crippen LogP contribution in [0.5, 0.6) is 0 Å². The molecule has 1 amide bonds. The number of nitrogens with one attached hydrogen (secondary N) is 3. The molecule has 1 aromatic heterocycles. The van der Waals surface area contributed by atoms with E-state index in [2.05, 4.69) is 20.3 Å². The maximum absolute atomic E-state index is 12.0. The molecular weight excluding hydrogens is 316 g/mol. The van der Waals surface area contributed by atoms with Gasteiger partial charge in [-0.2, -0.15) is 0 Å². The lowest BCUT2D eigenvalue weighted by Gasteiger charge is -2.29. The summed E-state index contributed by atoms with van der Waals surface area (Å²) in [5, 5.41) is 6.55. The molecule has 2 saturated heterocycles. The highest BCUT2D eigenvalue weighted by atomic mass is 32.2. The number of aromatic nitrogens is 1. The van der Waals surface area contributed by atoms with Crippen LogP contribution in [-0.4, -0.2) is 44.0 Å². The second kappa shape index (κ2) is 6.94. The summed E-state index contributed by atoms with van der Waals surface area (Å²) < 4.78 is 26.4. The van der Waals surface area contributed by atoms with Gasteiger partial charge in [0.2, 0.25) is 15.9 Å². The maximum Gasteiger partial charge on any atom is 0.242 e. The zero-order chi connectivity index (χ0) is 16.3. The molecule has 23 heavy (non-hydrogen) atoms. The molecule has 2 bridgehead atoms. The Bertz CT molecular complexity index is 638. The summed E-state index contributed by atoms with van der Waals surface area (Å²) in [7, 11) is -3.60. The Labute approximate surface area is 136 Å². The number of fused-ring (bicyclic) bond motifs is 2. The summed E-state index contributed by atoms with van der Waals surface area (Å²) in [6.45, 7) is 0.0842. The molecule has 126 valence electrons. The molecule has 8 heteroatoms. The Balaban J connectivity index is 1.43. The number of pyridine rings is 1. The van der Waals surface area contributed by atoms with Crippen molar-refractivity contribution in [1.29, 1.82) is 0 Å². The number of amides is 1. The first-order chi connectivity index (χ1) is 11.0. The number of hydrogen-bond acceptors (Lipinski definition) is 5. The van der Waals surface area contributed by atoms with Crippen LogP contribution in [0, 0.1) is 0 Å². The minimum atomic E-state index is -3.60. The van der Waals surface area contributed by atoms with Crippen molar-refractivity contribution >= 4 is 15.9 Å². The summed E-state index contributed by atoms with van der Waals surface area (Å²) in [6, 6.07) is 4.27. The van der Waals surface area contributed by atoms with Gasteiger partial charge in [0.25, 0.3) is 0 Å². The summed E-state index contributed by atoms with van der Waals surface area (Å²) in [5.74, 6) is -0.106. The first kappa shape index (κ1) is 16.4. The number of nitrogens with zero attached hydrogens (tertiary/aromatic N) is 1. The van der Waals surface area contributed by atoms with Gasteiger partial charge < -0.3 is 10.6 Å². The molecule has 2 unspecified atom stereocenters. The highest BCUT2D eigenvalue weighted by molar-refractivity contribution is 7.89. The van der Waals surface area contributed by atoms with Gasteiger partial charge in [-0.15, -0.1) is 0 Å². The molecular formula is C15H22N4O3S. The lowest BCUT2D eigenvalue weighted by Crippen LogP contribution is -2.48. The third kappa shape index (κ3) is 4.27. The van der Waals surface area contributed by atoms with Crippen molar-refractivity contribution in [3.8, 4) is 0 Å². The van der Waals surface area contributed by atoms with E-state index >= 15 is 0 Å². The molecule has 2 aliphatic heterocycles. The maximum atomic E-state index is 12.0. The zero-order valence-electron chi connectivity index (χ0n) is 12.9. The number of sulfonamides is 1. The molecule has 7 nitrogen and oxygen atoms in total. The fourth-order valence-corrected chi connectivity index (χ4v) is 4.36. The van der Waals surface area contributed by atoms with Crippen LogP contribution in [0.2, 0.25) is 0 Å². The number of piperidine rings is 1. The van der Waals surface area contributed by atoms with Crippen LogP contribution in [0.25, 0.3) is 0 Å². The fraction of sp³-hybridized carbons (Fsp3) is 0.600. The molecule has 0 radical (unpaired) electrons. The van der Waals surface area contributed by atoms with E-state index in [9.17, 15) is 13.2 Å². The van der Waals surface area contributed by atoms with E-state index in [1.807, 2.05) is 0 Å².